The second-order valence-corrected chi connectivity index (χ2v) is 21.5. The third-order valence-corrected chi connectivity index (χ3v) is 15.1. The first-order chi connectivity index (χ1) is 38.3. The maximum atomic E-state index is 12.7. The minimum Gasteiger partial charge on any atom is -0.326 e. The molecule has 0 spiro atoms. The van der Waals surface area contributed by atoms with Gasteiger partial charge in [0, 0.05) is 53.0 Å². The number of benzene rings is 4. The highest BCUT2D eigenvalue weighted by Crippen LogP contribution is 2.25. The molecular weight excluding hydrogens is 979 g/mol. The summed E-state index contributed by atoms with van der Waals surface area (Å²) in [5.41, 5.74) is 10.2. The lowest BCUT2D eigenvalue weighted by Crippen LogP contribution is -2.31. The monoisotopic (exact) mass is 1050 g/mol. The summed E-state index contributed by atoms with van der Waals surface area (Å²) >= 11 is 0. The van der Waals surface area contributed by atoms with Crippen LogP contribution in [0.5, 0.6) is 0 Å². The van der Waals surface area contributed by atoms with E-state index in [2.05, 4.69) is 79.8 Å². The smallest absolute Gasteiger partial charge is 0.224 e. The van der Waals surface area contributed by atoms with Gasteiger partial charge in [0.25, 0.3) is 0 Å². The van der Waals surface area contributed by atoms with Crippen molar-refractivity contribution in [1.82, 2.24) is 59.7 Å². The number of hydrogen-bond donors (Lipinski definition) is 3. The number of nitrogens with zero attached hydrogens (tertiary/aromatic N) is 12. The van der Waals surface area contributed by atoms with Gasteiger partial charge in [-0.3, -0.25) is 14.4 Å². The quantitative estimate of drug-likeness (QED) is 0.0521. The Labute approximate surface area is 458 Å². The van der Waals surface area contributed by atoms with Crippen LogP contribution in [0.1, 0.15) is 113 Å². The Hall–Kier alpha value is -7.41. The van der Waals surface area contributed by atoms with E-state index in [1.807, 2.05) is 105 Å². The van der Waals surface area contributed by atoms with Crippen LogP contribution < -0.4 is 16.0 Å². The van der Waals surface area contributed by atoms with Gasteiger partial charge >= 0.3 is 0 Å². The molecule has 78 heavy (non-hydrogen) atoms. The van der Waals surface area contributed by atoms with Crippen molar-refractivity contribution in [3.63, 3.8) is 0 Å². The Morgan fingerprint density at radius 1 is 0.372 bits per heavy atom. The van der Waals surface area contributed by atoms with Crippen molar-refractivity contribution in [2.24, 2.45) is 0 Å². The van der Waals surface area contributed by atoms with E-state index in [1.54, 1.807) is 0 Å². The SMILES string of the molecule is O=C(CCCN1CCCCC1)Nc1ccc(-c2cn(Cc3cc(Cn4cc(-c5ccc(NC(=O)CCCN6CCCCC6)cc5)nn4)cc(Cn4cc(-c5ccc(NC(=O)CCCN6CCCCC6)cc5)nn4)c3)nn2)cc1. The van der Waals surface area contributed by atoms with E-state index in [9.17, 15) is 14.4 Å². The van der Waals surface area contributed by atoms with Crippen LogP contribution in [0, 0.1) is 0 Å². The lowest BCUT2D eigenvalue weighted by atomic mass is 10.0. The molecule has 6 heterocycles. The van der Waals surface area contributed by atoms with Gasteiger partial charge < -0.3 is 30.7 Å². The number of piperidine rings is 3. The molecule has 18 heteroatoms. The van der Waals surface area contributed by atoms with Crippen molar-refractivity contribution in [2.75, 3.05) is 74.9 Å². The molecule has 3 saturated heterocycles. The molecule has 3 aliphatic rings. The lowest BCUT2D eigenvalue weighted by Gasteiger charge is -2.26. The zero-order valence-electron chi connectivity index (χ0n) is 45.1. The molecule has 3 aromatic heterocycles. The normalized spacial score (nSPS) is 15.5. The minimum atomic E-state index is 0.0315. The van der Waals surface area contributed by atoms with Crippen molar-refractivity contribution in [3.05, 3.63) is 126 Å². The van der Waals surface area contributed by atoms with Crippen molar-refractivity contribution < 1.29 is 14.4 Å². The van der Waals surface area contributed by atoms with E-state index in [0.717, 1.165) is 146 Å². The average Bonchev–Trinajstić information content (AvgIpc) is 4.28. The van der Waals surface area contributed by atoms with E-state index in [1.165, 1.54) is 57.8 Å². The number of likely N-dealkylation sites (tertiary alicyclic amines) is 3. The first kappa shape index (κ1) is 54.0. The molecule has 0 atom stereocenters. The molecule has 0 unspecified atom stereocenters. The average molecular weight is 1050 g/mol. The molecule has 10 rings (SSSR count). The molecular formula is C60H75N15O3. The van der Waals surface area contributed by atoms with Gasteiger partial charge in [-0.25, -0.2) is 14.0 Å². The van der Waals surface area contributed by atoms with E-state index in [4.69, 9.17) is 0 Å². The Morgan fingerprint density at radius 3 is 0.910 bits per heavy atom. The molecule has 408 valence electrons. The zero-order valence-corrected chi connectivity index (χ0v) is 45.1. The number of nitrogens with one attached hydrogen (secondary N) is 3. The van der Waals surface area contributed by atoms with E-state index in [0.29, 0.717) is 38.9 Å². The van der Waals surface area contributed by atoms with Crippen molar-refractivity contribution in [1.29, 1.82) is 0 Å². The van der Waals surface area contributed by atoms with Crippen LogP contribution in [-0.4, -0.2) is 136 Å². The summed E-state index contributed by atoms with van der Waals surface area (Å²) in [6, 6.07) is 29.7. The summed E-state index contributed by atoms with van der Waals surface area (Å²) in [6.45, 7) is 11.1. The number of aromatic nitrogens is 9. The third kappa shape index (κ3) is 16.1. The molecule has 0 bridgehead atoms. The van der Waals surface area contributed by atoms with Gasteiger partial charge in [-0.2, -0.15) is 0 Å². The van der Waals surface area contributed by atoms with Gasteiger partial charge in [-0.15, -0.1) is 15.3 Å². The third-order valence-electron chi connectivity index (χ3n) is 15.1. The molecule has 3 amide bonds. The predicted molar refractivity (Wildman–Crippen MR) is 305 cm³/mol. The Bertz CT molecular complexity index is 2680. The summed E-state index contributed by atoms with van der Waals surface area (Å²) in [5, 5.41) is 36.3. The second kappa shape index (κ2) is 27.3. The summed E-state index contributed by atoms with van der Waals surface area (Å²) in [7, 11) is 0. The van der Waals surface area contributed by atoms with Crippen LogP contribution in [-0.2, 0) is 34.0 Å². The van der Waals surface area contributed by atoms with Crippen LogP contribution in [0.15, 0.2) is 110 Å². The molecule has 4 aromatic carbocycles. The molecule has 0 radical (unpaired) electrons. The predicted octanol–water partition coefficient (Wildman–Crippen LogP) is 9.22. The number of anilines is 3. The molecule has 3 fully saturated rings. The molecule has 0 aliphatic carbocycles. The van der Waals surface area contributed by atoms with Crippen LogP contribution in [0.2, 0.25) is 0 Å². The molecule has 3 aliphatic heterocycles. The highest BCUT2D eigenvalue weighted by Gasteiger charge is 2.16. The van der Waals surface area contributed by atoms with Crippen LogP contribution in [0.4, 0.5) is 17.1 Å². The molecule has 18 nitrogen and oxygen atoms in total. The first-order valence-electron chi connectivity index (χ1n) is 28.5. The fourth-order valence-corrected chi connectivity index (χ4v) is 11.0. The number of amides is 3. The van der Waals surface area contributed by atoms with Crippen molar-refractivity contribution in [3.8, 4) is 33.8 Å². The van der Waals surface area contributed by atoms with Crippen LogP contribution >= 0.6 is 0 Å². The number of carbonyl (C=O) groups is 3. The molecule has 7 aromatic rings. The van der Waals surface area contributed by atoms with Gasteiger partial charge in [0.2, 0.25) is 17.7 Å². The van der Waals surface area contributed by atoms with Crippen LogP contribution in [0.3, 0.4) is 0 Å². The number of carbonyl (C=O) groups excluding carboxylic acids is 3. The second-order valence-electron chi connectivity index (χ2n) is 21.5. The Balaban J connectivity index is 0.781. The first-order valence-corrected chi connectivity index (χ1v) is 28.5. The zero-order chi connectivity index (χ0) is 53.3. The van der Waals surface area contributed by atoms with Gasteiger partial charge in [0.05, 0.1) is 38.2 Å². The lowest BCUT2D eigenvalue weighted by molar-refractivity contribution is -0.117. The van der Waals surface area contributed by atoms with Gasteiger partial charge in [-0.05, 0) is 170 Å². The van der Waals surface area contributed by atoms with E-state index >= 15 is 0 Å². The van der Waals surface area contributed by atoms with Gasteiger partial charge in [0.1, 0.15) is 17.1 Å². The van der Waals surface area contributed by atoms with Crippen molar-refractivity contribution >= 4 is 34.8 Å². The highest BCUT2D eigenvalue weighted by atomic mass is 16.2. The Kier molecular flexibility index (Phi) is 18.9. The summed E-state index contributed by atoms with van der Waals surface area (Å²) in [4.78, 5) is 45.6. The summed E-state index contributed by atoms with van der Waals surface area (Å²) in [5.74, 6) is 0.0946. The highest BCUT2D eigenvalue weighted by molar-refractivity contribution is 5.92. The summed E-state index contributed by atoms with van der Waals surface area (Å²) in [6.07, 6.45) is 21.3. The van der Waals surface area contributed by atoms with Gasteiger partial charge in [0.15, 0.2) is 0 Å². The maximum Gasteiger partial charge on any atom is 0.224 e. The molecule has 0 saturated carbocycles. The maximum absolute atomic E-state index is 12.7. The molecule has 3 N–H and O–H groups in total. The van der Waals surface area contributed by atoms with Crippen molar-refractivity contribution in [2.45, 2.75) is 116 Å². The largest absolute Gasteiger partial charge is 0.326 e. The van der Waals surface area contributed by atoms with Crippen LogP contribution in [0.25, 0.3) is 33.8 Å². The van der Waals surface area contributed by atoms with E-state index in [-0.39, 0.29) is 17.7 Å². The topological polar surface area (TPSA) is 189 Å². The number of hydrogen-bond acceptors (Lipinski definition) is 12. The fourth-order valence-electron chi connectivity index (χ4n) is 11.0. The Morgan fingerprint density at radius 2 is 0.641 bits per heavy atom. The minimum absolute atomic E-state index is 0.0315. The standard InChI is InChI=1S/C60H75N15O3/c76-58(13-10-34-70-28-4-1-5-29-70)61-52-22-16-49(17-23-52)55-43-73(67-64-55)40-46-37-47(41-74-44-56(65-68-74)50-18-24-53(25-19-50)62-59(77)14-11-35-71-30-6-2-7-31-71)39-48(38-46)42-75-45-57(66-69-75)51-20-26-54(27-21-51)63-60(78)15-12-36-72-32-8-3-9-33-72/h16-27,37-39,43-45H,1-15,28-36,40-42H2,(H,61,76)(H,62,77)(H,63,78). The summed E-state index contributed by atoms with van der Waals surface area (Å²) < 4.78 is 5.50. The number of rotatable bonds is 24. The fraction of sp³-hybridized carbons (Fsp3) is 0.450. The van der Waals surface area contributed by atoms with Gasteiger partial charge in [-0.1, -0.05) is 89.5 Å². The van der Waals surface area contributed by atoms with E-state index < -0.39 is 0 Å².